The average molecular weight is 225 g/mol. The molecule has 0 aromatic rings. The van der Waals surface area contributed by atoms with Gasteiger partial charge in [0.15, 0.2) is 0 Å². The van der Waals surface area contributed by atoms with Crippen LogP contribution in [0.3, 0.4) is 0 Å². The predicted molar refractivity (Wildman–Crippen MR) is 70.3 cm³/mol. The van der Waals surface area contributed by atoms with E-state index in [9.17, 15) is 0 Å². The number of rotatable bonds is 5. The van der Waals surface area contributed by atoms with Crippen LogP contribution in [-0.2, 0) is 0 Å². The fourth-order valence-corrected chi connectivity index (χ4v) is 2.31. The molecule has 1 unspecified atom stereocenters. The minimum atomic E-state index is 0.249. The number of hydrazone groups is 1. The summed E-state index contributed by atoms with van der Waals surface area (Å²) in [4.78, 5) is 2.38. The van der Waals surface area contributed by atoms with E-state index in [1.165, 1.54) is 19.3 Å². The van der Waals surface area contributed by atoms with Crippen molar-refractivity contribution in [3.63, 3.8) is 0 Å². The van der Waals surface area contributed by atoms with Crippen molar-refractivity contribution in [1.82, 2.24) is 9.91 Å². The van der Waals surface area contributed by atoms with Gasteiger partial charge in [-0.25, -0.2) is 0 Å². The molecule has 3 heteroatoms. The summed E-state index contributed by atoms with van der Waals surface area (Å²) >= 11 is 0. The van der Waals surface area contributed by atoms with Crippen molar-refractivity contribution >= 4 is 6.34 Å². The molecule has 1 aliphatic heterocycles. The lowest BCUT2D eigenvalue weighted by molar-refractivity contribution is 0.0358. The fraction of sp³-hybridized carbons (Fsp3) is 0.923. The average Bonchev–Trinajstić information content (AvgIpc) is 2.58. The summed E-state index contributed by atoms with van der Waals surface area (Å²) in [5, 5.41) is 6.82. The first-order valence-corrected chi connectivity index (χ1v) is 6.57. The second-order valence-corrected chi connectivity index (χ2v) is 5.73. The van der Waals surface area contributed by atoms with Crippen molar-refractivity contribution in [3.05, 3.63) is 0 Å². The van der Waals surface area contributed by atoms with Gasteiger partial charge in [-0.15, -0.1) is 0 Å². The third-order valence-corrected chi connectivity index (χ3v) is 2.94. The van der Waals surface area contributed by atoms with Gasteiger partial charge in [-0.05, 0) is 12.8 Å². The highest BCUT2D eigenvalue weighted by molar-refractivity contribution is 5.57. The zero-order valence-electron chi connectivity index (χ0n) is 11.5. The van der Waals surface area contributed by atoms with Crippen LogP contribution in [0.15, 0.2) is 5.10 Å². The Labute approximate surface area is 100 Å². The largest absolute Gasteiger partial charge is 0.339 e. The molecule has 1 atom stereocenters. The SMILES string of the molecule is CCCCN1N=CN(CCC)C1C(C)(C)C. The van der Waals surface area contributed by atoms with Crippen molar-refractivity contribution in [2.75, 3.05) is 13.1 Å². The van der Waals surface area contributed by atoms with Gasteiger partial charge in [0.1, 0.15) is 12.5 Å². The zero-order chi connectivity index (χ0) is 12.2. The van der Waals surface area contributed by atoms with E-state index in [1.54, 1.807) is 0 Å². The van der Waals surface area contributed by atoms with E-state index in [4.69, 9.17) is 0 Å². The lowest BCUT2D eigenvalue weighted by Crippen LogP contribution is -2.49. The number of hydrogen-bond donors (Lipinski definition) is 0. The smallest absolute Gasteiger partial charge is 0.124 e. The Morgan fingerprint density at radius 2 is 1.81 bits per heavy atom. The molecule has 0 fully saturated rings. The number of unbranched alkanes of at least 4 members (excludes halogenated alkanes) is 1. The van der Waals surface area contributed by atoms with Crippen LogP contribution in [0.1, 0.15) is 53.9 Å². The van der Waals surface area contributed by atoms with Crippen molar-refractivity contribution in [2.24, 2.45) is 10.5 Å². The van der Waals surface area contributed by atoms with Gasteiger partial charge >= 0.3 is 0 Å². The van der Waals surface area contributed by atoms with Gasteiger partial charge in [0, 0.05) is 18.5 Å². The summed E-state index contributed by atoms with van der Waals surface area (Å²) in [6.07, 6.45) is 6.09. The summed E-state index contributed by atoms with van der Waals surface area (Å²) in [5.41, 5.74) is 0.249. The number of hydrogen-bond acceptors (Lipinski definition) is 3. The highest BCUT2D eigenvalue weighted by Crippen LogP contribution is 2.30. The Hall–Kier alpha value is -0.730. The molecule has 3 nitrogen and oxygen atoms in total. The van der Waals surface area contributed by atoms with E-state index in [0.717, 1.165) is 13.1 Å². The van der Waals surface area contributed by atoms with E-state index < -0.39 is 0 Å². The van der Waals surface area contributed by atoms with Gasteiger partial charge in [-0.3, -0.25) is 5.01 Å². The summed E-state index contributed by atoms with van der Waals surface area (Å²) in [6.45, 7) is 13.5. The molecule has 0 aromatic heterocycles. The maximum Gasteiger partial charge on any atom is 0.124 e. The second-order valence-electron chi connectivity index (χ2n) is 5.73. The minimum Gasteiger partial charge on any atom is -0.339 e. The molecule has 16 heavy (non-hydrogen) atoms. The first-order valence-electron chi connectivity index (χ1n) is 6.57. The van der Waals surface area contributed by atoms with Gasteiger partial charge in [0.05, 0.1) is 0 Å². The molecule has 0 aromatic carbocycles. The summed E-state index contributed by atoms with van der Waals surface area (Å²) < 4.78 is 0. The molecule has 0 spiro atoms. The van der Waals surface area contributed by atoms with E-state index in [1.807, 2.05) is 6.34 Å². The van der Waals surface area contributed by atoms with Gasteiger partial charge in [-0.2, -0.15) is 5.10 Å². The Morgan fingerprint density at radius 1 is 1.12 bits per heavy atom. The quantitative estimate of drug-likeness (QED) is 0.716. The molecule has 1 heterocycles. The van der Waals surface area contributed by atoms with Gasteiger partial charge < -0.3 is 4.90 Å². The molecule has 0 bridgehead atoms. The molecule has 0 N–H and O–H groups in total. The van der Waals surface area contributed by atoms with E-state index >= 15 is 0 Å². The first kappa shape index (κ1) is 13.3. The Balaban J connectivity index is 2.68. The normalized spacial score (nSPS) is 20.9. The minimum absolute atomic E-state index is 0.249. The van der Waals surface area contributed by atoms with Crippen LogP contribution < -0.4 is 0 Å². The topological polar surface area (TPSA) is 18.8 Å². The lowest BCUT2D eigenvalue weighted by Gasteiger charge is -2.39. The molecule has 0 saturated heterocycles. The van der Waals surface area contributed by atoms with Crippen LogP contribution in [0.4, 0.5) is 0 Å². The van der Waals surface area contributed by atoms with Crippen LogP contribution in [0.25, 0.3) is 0 Å². The molecule has 1 aliphatic rings. The number of nitrogens with zero attached hydrogens (tertiary/aromatic N) is 3. The molecule has 0 saturated carbocycles. The van der Waals surface area contributed by atoms with Crippen molar-refractivity contribution in [2.45, 2.75) is 60.0 Å². The molecular weight excluding hydrogens is 198 g/mol. The Kier molecular flexibility index (Phi) is 4.63. The lowest BCUT2D eigenvalue weighted by atomic mass is 9.91. The van der Waals surface area contributed by atoms with Gasteiger partial charge in [0.25, 0.3) is 0 Å². The predicted octanol–water partition coefficient (Wildman–Crippen LogP) is 3.13. The van der Waals surface area contributed by atoms with E-state index in [2.05, 4.69) is 49.6 Å². The fourth-order valence-electron chi connectivity index (χ4n) is 2.31. The zero-order valence-corrected chi connectivity index (χ0v) is 11.5. The summed E-state index contributed by atoms with van der Waals surface area (Å²) in [5.74, 6) is 0. The molecule has 0 radical (unpaired) electrons. The van der Waals surface area contributed by atoms with E-state index in [-0.39, 0.29) is 5.41 Å². The van der Waals surface area contributed by atoms with E-state index in [0.29, 0.717) is 6.17 Å². The van der Waals surface area contributed by atoms with Crippen molar-refractivity contribution < 1.29 is 0 Å². The van der Waals surface area contributed by atoms with Crippen molar-refractivity contribution in [3.8, 4) is 0 Å². The molecule has 0 aliphatic carbocycles. The van der Waals surface area contributed by atoms with Crippen LogP contribution in [0.5, 0.6) is 0 Å². The van der Waals surface area contributed by atoms with Crippen LogP contribution in [0, 0.1) is 5.41 Å². The summed E-state index contributed by atoms with van der Waals surface area (Å²) in [7, 11) is 0. The molecule has 1 rings (SSSR count). The maximum absolute atomic E-state index is 4.56. The highest BCUT2D eigenvalue weighted by atomic mass is 15.6. The van der Waals surface area contributed by atoms with Crippen LogP contribution in [-0.4, -0.2) is 35.5 Å². The molecule has 94 valence electrons. The molecular formula is C13H27N3. The Bertz CT molecular complexity index is 230. The van der Waals surface area contributed by atoms with Crippen LogP contribution in [0.2, 0.25) is 0 Å². The maximum atomic E-state index is 4.56. The third-order valence-electron chi connectivity index (χ3n) is 2.94. The second kappa shape index (κ2) is 5.55. The standard InChI is InChI=1S/C13H27N3/c1-6-8-10-16-12(13(3,4)5)15(9-7-2)11-14-16/h11-12H,6-10H2,1-5H3. The summed E-state index contributed by atoms with van der Waals surface area (Å²) in [6, 6.07) is 0. The van der Waals surface area contributed by atoms with Crippen molar-refractivity contribution in [1.29, 1.82) is 0 Å². The van der Waals surface area contributed by atoms with Crippen LogP contribution >= 0.6 is 0 Å². The van der Waals surface area contributed by atoms with Gasteiger partial charge in [0.2, 0.25) is 0 Å². The Morgan fingerprint density at radius 3 is 2.31 bits per heavy atom. The highest BCUT2D eigenvalue weighted by Gasteiger charge is 2.36. The third kappa shape index (κ3) is 3.13. The first-order chi connectivity index (χ1) is 7.50. The van der Waals surface area contributed by atoms with Gasteiger partial charge in [-0.1, -0.05) is 41.0 Å². The monoisotopic (exact) mass is 225 g/mol. The molecule has 0 amide bonds.